The van der Waals surface area contributed by atoms with Gasteiger partial charge in [0.05, 0.1) is 25.9 Å². The number of hydrogen-bond donors (Lipinski definition) is 2. The summed E-state index contributed by atoms with van der Waals surface area (Å²) in [4.78, 5) is 16.5. The summed E-state index contributed by atoms with van der Waals surface area (Å²) in [6, 6.07) is 0.491. The molecule has 0 aromatic rings. The van der Waals surface area contributed by atoms with Crippen LogP contribution in [-0.2, 0) is 9.53 Å². The lowest BCUT2D eigenvalue weighted by Crippen LogP contribution is -2.49. The molecule has 1 unspecified atom stereocenters. The van der Waals surface area contributed by atoms with Gasteiger partial charge in [0.15, 0.2) is 0 Å². The van der Waals surface area contributed by atoms with Gasteiger partial charge in [0, 0.05) is 38.8 Å². The van der Waals surface area contributed by atoms with E-state index in [4.69, 9.17) is 9.84 Å². The Morgan fingerprint density at radius 2 is 2.23 bits per heavy atom. The first-order valence-electron chi connectivity index (χ1n) is 8.54. The third kappa shape index (κ3) is 6.20. The van der Waals surface area contributed by atoms with Crippen molar-refractivity contribution in [1.29, 1.82) is 0 Å². The van der Waals surface area contributed by atoms with E-state index in [1.165, 1.54) is 0 Å². The number of morpholine rings is 1. The number of amides is 1. The fourth-order valence-electron chi connectivity index (χ4n) is 3.01. The molecule has 128 valence electrons. The second-order valence-corrected chi connectivity index (χ2v) is 6.88. The predicted molar refractivity (Wildman–Crippen MR) is 85.7 cm³/mol. The van der Waals surface area contributed by atoms with Crippen LogP contribution < -0.4 is 5.32 Å². The summed E-state index contributed by atoms with van der Waals surface area (Å²) < 4.78 is 5.74. The lowest BCUT2D eigenvalue weighted by molar-refractivity contribution is -0.123. The van der Waals surface area contributed by atoms with E-state index < -0.39 is 0 Å². The zero-order valence-electron chi connectivity index (χ0n) is 14.0. The first-order valence-corrected chi connectivity index (χ1v) is 8.54. The van der Waals surface area contributed by atoms with Gasteiger partial charge in [-0.2, -0.15) is 0 Å². The Hall–Kier alpha value is -0.690. The van der Waals surface area contributed by atoms with Crippen LogP contribution in [0.3, 0.4) is 0 Å². The van der Waals surface area contributed by atoms with Gasteiger partial charge in [-0.3, -0.25) is 14.6 Å². The van der Waals surface area contributed by atoms with E-state index in [-0.39, 0.29) is 18.6 Å². The maximum atomic E-state index is 12.1. The third-order valence-corrected chi connectivity index (χ3v) is 4.17. The second kappa shape index (κ2) is 8.82. The second-order valence-electron chi connectivity index (χ2n) is 6.88. The molecule has 1 saturated heterocycles. The maximum absolute atomic E-state index is 12.1. The van der Waals surface area contributed by atoms with Crippen molar-refractivity contribution in [2.75, 3.05) is 52.5 Å². The molecule has 0 aromatic heterocycles. The van der Waals surface area contributed by atoms with E-state index in [0.29, 0.717) is 31.6 Å². The summed E-state index contributed by atoms with van der Waals surface area (Å²) in [6.07, 6.45) is 2.37. The molecular formula is C16H31N3O3. The van der Waals surface area contributed by atoms with Crippen molar-refractivity contribution in [2.45, 2.75) is 38.8 Å². The lowest BCUT2D eigenvalue weighted by atomic mass is 10.2. The average Bonchev–Trinajstić information content (AvgIpc) is 3.29. The standard InChI is InChI=1S/C16H31N3O3/c1-13(2)10-18-6-8-22-15(11-18)9-17-16(21)12-19(5-7-20)14-3-4-14/h13-15,20H,3-12H2,1-2H3,(H,17,21). The third-order valence-electron chi connectivity index (χ3n) is 4.17. The van der Waals surface area contributed by atoms with E-state index in [2.05, 4.69) is 29.0 Å². The van der Waals surface area contributed by atoms with Crippen LogP contribution in [-0.4, -0.2) is 85.4 Å². The number of hydrogen-bond acceptors (Lipinski definition) is 5. The zero-order chi connectivity index (χ0) is 15.9. The van der Waals surface area contributed by atoms with Gasteiger partial charge < -0.3 is 15.2 Å². The quantitative estimate of drug-likeness (QED) is 0.623. The summed E-state index contributed by atoms with van der Waals surface area (Å²) in [6.45, 7) is 9.79. The highest BCUT2D eigenvalue weighted by molar-refractivity contribution is 5.78. The van der Waals surface area contributed by atoms with Gasteiger partial charge in [-0.1, -0.05) is 13.8 Å². The highest BCUT2D eigenvalue weighted by Crippen LogP contribution is 2.25. The highest BCUT2D eigenvalue weighted by Gasteiger charge is 2.30. The number of carbonyl (C=O) groups excluding carboxylic acids is 1. The fraction of sp³-hybridized carbons (Fsp3) is 0.938. The number of aliphatic hydroxyl groups is 1. The molecule has 0 aromatic carbocycles. The van der Waals surface area contributed by atoms with Crippen molar-refractivity contribution >= 4 is 5.91 Å². The molecule has 2 N–H and O–H groups in total. The Bertz CT molecular complexity index is 348. The molecule has 2 fully saturated rings. The molecule has 1 saturated carbocycles. The molecule has 0 spiro atoms. The molecule has 1 atom stereocenters. The number of nitrogens with zero attached hydrogens (tertiary/aromatic N) is 2. The van der Waals surface area contributed by atoms with Crippen LogP contribution in [0.5, 0.6) is 0 Å². The summed E-state index contributed by atoms with van der Waals surface area (Å²) in [7, 11) is 0. The Morgan fingerprint density at radius 1 is 1.45 bits per heavy atom. The smallest absolute Gasteiger partial charge is 0.234 e. The van der Waals surface area contributed by atoms with Crippen molar-refractivity contribution in [3.8, 4) is 0 Å². The van der Waals surface area contributed by atoms with Crippen molar-refractivity contribution in [3.05, 3.63) is 0 Å². The van der Waals surface area contributed by atoms with Crippen molar-refractivity contribution in [2.24, 2.45) is 5.92 Å². The minimum Gasteiger partial charge on any atom is -0.395 e. The minimum absolute atomic E-state index is 0.0323. The highest BCUT2D eigenvalue weighted by atomic mass is 16.5. The molecule has 6 heteroatoms. The minimum atomic E-state index is 0.0323. The molecule has 0 bridgehead atoms. The van der Waals surface area contributed by atoms with Crippen LogP contribution in [0.1, 0.15) is 26.7 Å². The molecular weight excluding hydrogens is 282 g/mol. The van der Waals surface area contributed by atoms with Crippen LogP contribution in [0, 0.1) is 5.92 Å². The Balaban J connectivity index is 1.66. The lowest BCUT2D eigenvalue weighted by Gasteiger charge is -2.34. The molecule has 0 radical (unpaired) electrons. The molecule has 22 heavy (non-hydrogen) atoms. The number of nitrogens with one attached hydrogen (secondary N) is 1. The summed E-state index contributed by atoms with van der Waals surface area (Å²) >= 11 is 0. The largest absolute Gasteiger partial charge is 0.395 e. The van der Waals surface area contributed by atoms with Gasteiger partial charge in [-0.15, -0.1) is 0 Å². The van der Waals surface area contributed by atoms with Crippen molar-refractivity contribution in [1.82, 2.24) is 15.1 Å². The van der Waals surface area contributed by atoms with Gasteiger partial charge in [0.25, 0.3) is 0 Å². The van der Waals surface area contributed by atoms with Crippen LogP contribution in [0.15, 0.2) is 0 Å². The summed E-state index contributed by atoms with van der Waals surface area (Å²) in [5.74, 6) is 0.684. The van der Waals surface area contributed by atoms with E-state index in [0.717, 1.165) is 39.1 Å². The van der Waals surface area contributed by atoms with Gasteiger partial charge in [0.2, 0.25) is 5.91 Å². The molecule has 1 heterocycles. The van der Waals surface area contributed by atoms with Crippen molar-refractivity contribution in [3.63, 3.8) is 0 Å². The van der Waals surface area contributed by atoms with Crippen LogP contribution in [0.4, 0.5) is 0 Å². The average molecular weight is 313 g/mol. The van der Waals surface area contributed by atoms with E-state index in [1.807, 2.05) is 0 Å². The van der Waals surface area contributed by atoms with Gasteiger partial charge in [0.1, 0.15) is 0 Å². The first-order chi connectivity index (χ1) is 10.6. The van der Waals surface area contributed by atoms with E-state index >= 15 is 0 Å². The van der Waals surface area contributed by atoms with Crippen LogP contribution in [0.25, 0.3) is 0 Å². The molecule has 1 aliphatic carbocycles. The molecule has 2 rings (SSSR count). The summed E-state index contributed by atoms with van der Waals surface area (Å²) in [5, 5.41) is 12.0. The topological polar surface area (TPSA) is 65.0 Å². The first kappa shape index (κ1) is 17.7. The normalized spacial score (nSPS) is 23.2. The number of carbonyl (C=O) groups is 1. The predicted octanol–water partition coefficient (Wildman–Crippen LogP) is -0.0839. The Morgan fingerprint density at radius 3 is 2.86 bits per heavy atom. The maximum Gasteiger partial charge on any atom is 0.234 e. The van der Waals surface area contributed by atoms with E-state index in [1.54, 1.807) is 0 Å². The summed E-state index contributed by atoms with van der Waals surface area (Å²) in [5.41, 5.74) is 0. The van der Waals surface area contributed by atoms with Crippen LogP contribution >= 0.6 is 0 Å². The van der Waals surface area contributed by atoms with Gasteiger partial charge >= 0.3 is 0 Å². The Labute approximate surface area is 133 Å². The number of ether oxygens (including phenoxy) is 1. The van der Waals surface area contributed by atoms with E-state index in [9.17, 15) is 4.79 Å². The van der Waals surface area contributed by atoms with Gasteiger partial charge in [-0.25, -0.2) is 0 Å². The monoisotopic (exact) mass is 313 g/mol. The van der Waals surface area contributed by atoms with Gasteiger partial charge in [-0.05, 0) is 18.8 Å². The van der Waals surface area contributed by atoms with Crippen molar-refractivity contribution < 1.29 is 14.6 Å². The number of rotatable bonds is 9. The Kier molecular flexibility index (Phi) is 7.08. The molecule has 1 amide bonds. The number of aliphatic hydroxyl groups excluding tert-OH is 1. The van der Waals surface area contributed by atoms with Crippen LogP contribution in [0.2, 0.25) is 0 Å². The SMILES string of the molecule is CC(C)CN1CCOC(CNC(=O)CN(CCO)C2CC2)C1. The molecule has 2 aliphatic rings. The molecule has 6 nitrogen and oxygen atoms in total. The molecule has 1 aliphatic heterocycles. The fourth-order valence-corrected chi connectivity index (χ4v) is 3.01. The zero-order valence-corrected chi connectivity index (χ0v) is 14.0.